The van der Waals surface area contributed by atoms with Gasteiger partial charge in [0.15, 0.2) is 17.3 Å². The smallest absolute Gasteiger partial charge is 0.203 e. The van der Waals surface area contributed by atoms with Crippen molar-refractivity contribution in [2.75, 3.05) is 21.3 Å². The molecule has 1 aliphatic rings. The number of carbonyl (C=O) groups is 1. The summed E-state index contributed by atoms with van der Waals surface area (Å²) in [4.78, 5) is 17.6. The van der Waals surface area contributed by atoms with Crippen LogP contribution in [-0.4, -0.2) is 47.1 Å². The van der Waals surface area contributed by atoms with Crippen LogP contribution in [0.1, 0.15) is 21.5 Å². The van der Waals surface area contributed by atoms with Gasteiger partial charge in [-0.25, -0.2) is 4.68 Å². The lowest BCUT2D eigenvalue weighted by atomic mass is 10.1. The van der Waals surface area contributed by atoms with Crippen molar-refractivity contribution in [1.82, 2.24) is 20.0 Å². The number of methoxy groups -OCH3 is 3. The molecule has 38 heavy (non-hydrogen) atoms. The van der Waals surface area contributed by atoms with E-state index in [1.165, 1.54) is 0 Å². The molecular weight excluding hydrogens is 480 g/mol. The van der Waals surface area contributed by atoms with Crippen molar-refractivity contribution in [2.24, 2.45) is 0 Å². The lowest BCUT2D eigenvalue weighted by molar-refractivity contribution is 0.104. The monoisotopic (exact) mass is 504 g/mol. The van der Waals surface area contributed by atoms with Crippen LogP contribution in [0.3, 0.4) is 0 Å². The van der Waals surface area contributed by atoms with Gasteiger partial charge in [-0.1, -0.05) is 47.7 Å². The molecule has 0 bridgehead atoms. The topological polar surface area (TPSA) is 88.4 Å². The third-order valence-corrected chi connectivity index (χ3v) is 6.75. The van der Waals surface area contributed by atoms with Gasteiger partial charge in [0.05, 0.1) is 38.7 Å². The molecule has 0 aliphatic heterocycles. The van der Waals surface area contributed by atoms with E-state index in [1.807, 2.05) is 66.9 Å². The van der Waals surface area contributed by atoms with Gasteiger partial charge in [0.1, 0.15) is 5.69 Å². The minimum absolute atomic E-state index is 0.0455. The number of hydrogen-bond donors (Lipinski definition) is 0. The van der Waals surface area contributed by atoms with Crippen LogP contribution in [0.5, 0.6) is 17.2 Å². The standard InChI is InChI=1S/C30H24N4O4/c1-36-27-16-22-23(29(37-2)30(27)38-3)15-20(28(22)35)14-18-8-10-19(11-9-18)25-17-34(33-32-25)26-12-13-31-24-7-5-4-6-21(24)26/h4-14,16-17H,15H2,1-3H3/b20-14+. The van der Waals surface area contributed by atoms with Crippen LogP contribution in [-0.2, 0) is 6.42 Å². The number of Topliss-reactive ketones (excluding diaryl/α,β-unsaturated/α-hetero) is 1. The third-order valence-electron chi connectivity index (χ3n) is 6.75. The van der Waals surface area contributed by atoms with Crippen molar-refractivity contribution in [3.05, 3.63) is 95.3 Å². The van der Waals surface area contributed by atoms with Crippen molar-refractivity contribution in [3.63, 3.8) is 0 Å². The molecule has 8 heteroatoms. The minimum Gasteiger partial charge on any atom is -0.493 e. The zero-order valence-corrected chi connectivity index (χ0v) is 21.1. The number of nitrogens with zero attached hydrogens (tertiary/aromatic N) is 4. The summed E-state index contributed by atoms with van der Waals surface area (Å²) in [6, 6.07) is 19.5. The molecule has 0 amide bonds. The fourth-order valence-electron chi connectivity index (χ4n) is 4.90. The molecule has 0 fully saturated rings. The molecule has 2 heterocycles. The summed E-state index contributed by atoms with van der Waals surface area (Å²) in [5.41, 5.74) is 6.46. The second-order valence-corrected chi connectivity index (χ2v) is 8.86. The van der Waals surface area contributed by atoms with Crippen molar-refractivity contribution >= 4 is 22.8 Å². The number of rotatable bonds is 6. The van der Waals surface area contributed by atoms with E-state index in [9.17, 15) is 4.79 Å². The van der Waals surface area contributed by atoms with Gasteiger partial charge < -0.3 is 14.2 Å². The third kappa shape index (κ3) is 3.87. The molecular formula is C30H24N4O4. The lowest BCUT2D eigenvalue weighted by Gasteiger charge is -2.15. The molecule has 0 saturated carbocycles. The van der Waals surface area contributed by atoms with Gasteiger partial charge in [-0.3, -0.25) is 9.78 Å². The summed E-state index contributed by atoms with van der Waals surface area (Å²) >= 11 is 0. The van der Waals surface area contributed by atoms with Crippen LogP contribution >= 0.6 is 0 Å². The Kier molecular flexibility index (Phi) is 5.84. The van der Waals surface area contributed by atoms with Crippen molar-refractivity contribution < 1.29 is 19.0 Å². The molecule has 8 nitrogen and oxygen atoms in total. The summed E-state index contributed by atoms with van der Waals surface area (Å²) < 4.78 is 18.3. The van der Waals surface area contributed by atoms with Crippen LogP contribution in [0.15, 0.2) is 78.6 Å². The average molecular weight is 505 g/mol. The van der Waals surface area contributed by atoms with Crippen molar-refractivity contribution in [3.8, 4) is 34.2 Å². The number of hydrogen-bond acceptors (Lipinski definition) is 7. The van der Waals surface area contributed by atoms with Crippen LogP contribution in [0.4, 0.5) is 0 Å². The summed E-state index contributed by atoms with van der Waals surface area (Å²) in [7, 11) is 4.66. The second kappa shape index (κ2) is 9.48. The maximum Gasteiger partial charge on any atom is 0.203 e. The van der Waals surface area contributed by atoms with Gasteiger partial charge in [0, 0.05) is 40.3 Å². The summed E-state index contributed by atoms with van der Waals surface area (Å²) in [5.74, 6) is 1.43. The zero-order chi connectivity index (χ0) is 26.2. The van der Waals surface area contributed by atoms with E-state index < -0.39 is 0 Å². The first kappa shape index (κ1) is 23.4. The van der Waals surface area contributed by atoms with Crippen LogP contribution in [0, 0.1) is 0 Å². The number of aromatic nitrogens is 4. The molecule has 0 unspecified atom stereocenters. The quantitative estimate of drug-likeness (QED) is 0.289. The summed E-state index contributed by atoms with van der Waals surface area (Å²) in [6.07, 6.45) is 6.03. The Labute approximate surface area is 219 Å². The van der Waals surface area contributed by atoms with E-state index in [-0.39, 0.29) is 5.78 Å². The van der Waals surface area contributed by atoms with Gasteiger partial charge in [-0.05, 0) is 29.8 Å². The predicted molar refractivity (Wildman–Crippen MR) is 144 cm³/mol. The number of pyridine rings is 1. The highest BCUT2D eigenvalue weighted by molar-refractivity contribution is 6.16. The highest BCUT2D eigenvalue weighted by Crippen LogP contribution is 2.46. The first-order chi connectivity index (χ1) is 18.6. The van der Waals surface area contributed by atoms with Crippen LogP contribution in [0.2, 0.25) is 0 Å². The number of para-hydroxylation sites is 1. The highest BCUT2D eigenvalue weighted by atomic mass is 16.5. The second-order valence-electron chi connectivity index (χ2n) is 8.86. The van der Waals surface area contributed by atoms with E-state index in [2.05, 4.69) is 15.3 Å². The molecule has 2 aromatic heterocycles. The molecule has 1 aliphatic carbocycles. The molecule has 0 atom stereocenters. The number of allylic oxidation sites excluding steroid dienone is 1. The minimum atomic E-state index is -0.0455. The Morgan fingerprint density at radius 2 is 1.71 bits per heavy atom. The molecule has 3 aromatic carbocycles. The van der Waals surface area contributed by atoms with Gasteiger partial charge in [0.2, 0.25) is 5.75 Å². The van der Waals surface area contributed by atoms with E-state index in [1.54, 1.807) is 38.3 Å². The van der Waals surface area contributed by atoms with E-state index in [0.29, 0.717) is 34.8 Å². The number of benzene rings is 3. The number of fused-ring (bicyclic) bond motifs is 2. The van der Waals surface area contributed by atoms with Gasteiger partial charge in [0.25, 0.3) is 0 Å². The van der Waals surface area contributed by atoms with Crippen LogP contribution in [0.25, 0.3) is 33.9 Å². The van der Waals surface area contributed by atoms with Gasteiger partial charge >= 0.3 is 0 Å². The lowest BCUT2D eigenvalue weighted by Crippen LogP contribution is -2.00. The molecule has 0 N–H and O–H groups in total. The number of ether oxygens (including phenoxy) is 3. The van der Waals surface area contributed by atoms with Crippen molar-refractivity contribution in [1.29, 1.82) is 0 Å². The summed E-state index contributed by atoms with van der Waals surface area (Å²) in [5, 5.41) is 9.73. The maximum absolute atomic E-state index is 13.2. The molecule has 0 saturated heterocycles. The Balaban J connectivity index is 1.28. The Hall–Kier alpha value is -4.98. The fraction of sp³-hybridized carbons (Fsp3) is 0.133. The van der Waals surface area contributed by atoms with Crippen LogP contribution < -0.4 is 14.2 Å². The fourth-order valence-corrected chi connectivity index (χ4v) is 4.90. The van der Waals surface area contributed by atoms with Gasteiger partial charge in [-0.2, -0.15) is 0 Å². The Morgan fingerprint density at radius 3 is 2.47 bits per heavy atom. The average Bonchev–Trinajstić information content (AvgIpc) is 3.57. The molecule has 0 spiro atoms. The number of ketones is 1. The SMILES string of the molecule is COc1cc2c(c(OC)c1OC)C/C(=C\c1ccc(-c3cn(-c4ccnc5ccccc45)nn3)cc1)C2=O. The normalized spacial score (nSPS) is 13.7. The zero-order valence-electron chi connectivity index (χ0n) is 21.1. The van der Waals surface area contributed by atoms with E-state index in [4.69, 9.17) is 14.2 Å². The Bertz CT molecular complexity index is 1720. The maximum atomic E-state index is 13.2. The molecule has 188 valence electrons. The first-order valence-corrected chi connectivity index (χ1v) is 12.0. The molecule has 0 radical (unpaired) electrons. The molecule has 5 aromatic rings. The highest BCUT2D eigenvalue weighted by Gasteiger charge is 2.32. The van der Waals surface area contributed by atoms with E-state index in [0.717, 1.165) is 39.0 Å². The van der Waals surface area contributed by atoms with Crippen molar-refractivity contribution in [2.45, 2.75) is 6.42 Å². The first-order valence-electron chi connectivity index (χ1n) is 12.0. The number of carbonyl (C=O) groups excluding carboxylic acids is 1. The largest absolute Gasteiger partial charge is 0.493 e. The summed E-state index contributed by atoms with van der Waals surface area (Å²) in [6.45, 7) is 0. The van der Waals surface area contributed by atoms with Gasteiger partial charge in [-0.15, -0.1) is 5.10 Å². The predicted octanol–water partition coefficient (Wildman–Crippen LogP) is 5.33. The molecule has 6 rings (SSSR count). The Morgan fingerprint density at radius 1 is 0.921 bits per heavy atom. The van der Waals surface area contributed by atoms with E-state index >= 15 is 0 Å².